The van der Waals surface area contributed by atoms with Crippen LogP contribution in [0.4, 0.5) is 25.2 Å². The summed E-state index contributed by atoms with van der Waals surface area (Å²) in [6, 6.07) is 64.7. The van der Waals surface area contributed by atoms with Crippen LogP contribution in [-0.4, -0.2) is 0 Å². The predicted octanol–water partition coefficient (Wildman–Crippen LogP) is 12.9. The van der Waals surface area contributed by atoms with Crippen LogP contribution < -0.4 is 31.8 Å². The van der Waals surface area contributed by atoms with E-state index in [1.807, 2.05) is 0 Å². The first-order valence-corrected chi connectivity index (χ1v) is 21.8. The smallest absolute Gasteiger partial charge is 0 e. The molecule has 0 spiro atoms. The fourth-order valence-corrected chi connectivity index (χ4v) is 9.82. The second-order valence-electron chi connectivity index (χ2n) is 11.7. The molecule has 285 valence electrons. The van der Waals surface area contributed by atoms with Crippen molar-refractivity contribution < 1.29 is 44.7 Å². The number of hydrogen-bond acceptors (Lipinski definition) is 0. The average Bonchev–Trinajstić information content (AvgIpc) is 3.14. The van der Waals surface area contributed by atoms with Gasteiger partial charge in [0.15, 0.2) is 0 Å². The largest absolute Gasteiger partial charge is 0.0622 e. The molecule has 0 saturated heterocycles. The maximum Gasteiger partial charge on any atom is 0 e. The van der Waals surface area contributed by atoms with Crippen molar-refractivity contribution >= 4 is 55.5 Å². The molecule has 1 aliphatic rings. The molecule has 0 unspecified atom stereocenters. The summed E-state index contributed by atoms with van der Waals surface area (Å²) in [5.41, 5.74) is 0. The number of halogens is 6. The number of hydrogen-bond donors (Lipinski definition) is 0. The Balaban J connectivity index is 0.000000210. The van der Waals surface area contributed by atoms with Crippen LogP contribution in [0, 0.1) is 0 Å². The molecular formula is C44H42F6P3Rh-. The van der Waals surface area contributed by atoms with Gasteiger partial charge >= 0.3 is 33.0 Å². The van der Waals surface area contributed by atoms with Gasteiger partial charge in [-0.15, -0.1) is 0 Å². The molecule has 10 heteroatoms. The van der Waals surface area contributed by atoms with E-state index in [4.69, 9.17) is 0 Å². The predicted molar refractivity (Wildman–Crippen MR) is 221 cm³/mol. The zero-order chi connectivity index (χ0) is 37.9. The maximum atomic E-state index is 9.87. The van der Waals surface area contributed by atoms with Crippen LogP contribution in [-0.2, 0) is 19.5 Å². The van der Waals surface area contributed by atoms with Crippen molar-refractivity contribution in [3.05, 3.63) is 206 Å². The van der Waals surface area contributed by atoms with Gasteiger partial charge in [0.2, 0.25) is 0 Å². The third-order valence-electron chi connectivity index (χ3n) is 7.42. The van der Waals surface area contributed by atoms with E-state index in [0.29, 0.717) is 0 Å². The van der Waals surface area contributed by atoms with Crippen molar-refractivity contribution in [3.63, 3.8) is 0 Å². The monoisotopic (exact) mass is 880 g/mol. The topological polar surface area (TPSA) is 0 Å². The van der Waals surface area contributed by atoms with Crippen LogP contribution in [0.2, 0.25) is 0 Å². The van der Waals surface area contributed by atoms with Gasteiger partial charge in [-0.1, -0.05) is 206 Å². The molecule has 0 nitrogen and oxygen atoms in total. The molecule has 7 rings (SSSR count). The van der Waals surface area contributed by atoms with Gasteiger partial charge in [0.25, 0.3) is 0 Å². The van der Waals surface area contributed by atoms with Gasteiger partial charge in [-0.3, -0.25) is 0 Å². The molecule has 1 aliphatic carbocycles. The zero-order valence-corrected chi connectivity index (χ0v) is 33.7. The van der Waals surface area contributed by atoms with Gasteiger partial charge < -0.3 is 0 Å². The number of benzene rings is 6. The Morgan fingerprint density at radius 1 is 0.278 bits per heavy atom. The van der Waals surface area contributed by atoms with Crippen LogP contribution in [0.5, 0.6) is 0 Å². The molecule has 6 aromatic rings. The zero-order valence-electron chi connectivity index (χ0n) is 29.4. The van der Waals surface area contributed by atoms with Gasteiger partial charge in [0.1, 0.15) is 0 Å². The molecule has 54 heavy (non-hydrogen) atoms. The van der Waals surface area contributed by atoms with Crippen molar-refractivity contribution in [1.29, 1.82) is 0 Å². The van der Waals surface area contributed by atoms with Crippen LogP contribution in [0.25, 0.3) is 0 Å². The van der Waals surface area contributed by atoms with E-state index in [-0.39, 0.29) is 19.5 Å². The molecule has 6 aromatic carbocycles. The van der Waals surface area contributed by atoms with E-state index in [2.05, 4.69) is 206 Å². The molecule has 0 aliphatic heterocycles. The Labute approximate surface area is 330 Å². The summed E-state index contributed by atoms with van der Waals surface area (Å²) in [6.45, 7) is 0. The van der Waals surface area contributed by atoms with E-state index in [1.54, 1.807) is 0 Å². The molecule has 0 atom stereocenters. The molecule has 0 heterocycles. The summed E-state index contributed by atoms with van der Waals surface area (Å²) in [5, 5.41) is 8.39. The SMILES string of the molecule is C1=C\CC/C=C\CC/1.F[P-](F)(F)(F)(F)F.[Rh].c1ccc(P(c2ccccc2)c2ccccc2)cc1.c1ccc(P(c2ccccc2)c2ccccc2)cc1. The maximum absolute atomic E-state index is 10.7. The molecule has 0 bridgehead atoms. The second kappa shape index (κ2) is 21.4. The Kier molecular flexibility index (Phi) is 17.7. The Hall–Kier alpha value is -3.71. The molecule has 1 radical (unpaired) electrons. The number of allylic oxidation sites excluding steroid dienone is 4. The van der Waals surface area contributed by atoms with E-state index in [0.717, 1.165) is 0 Å². The number of rotatable bonds is 6. The van der Waals surface area contributed by atoms with Gasteiger partial charge in [-0.25, -0.2) is 0 Å². The standard InChI is InChI=1S/2C18H15P.C8H12.F6P.Rh/c2*1-4-10-16(11-5-1)19(17-12-6-2-7-13-17)18-14-8-3-9-15-18;1-2-4-6-8-7-5-3-1;1-7(2,3,4,5)6;/h2*1-15H;1-2,7-8H,3-6H2;;/q;;;-1;/b;;2-1-,8-7-;;. The van der Waals surface area contributed by atoms with Crippen molar-refractivity contribution in [2.24, 2.45) is 0 Å². The van der Waals surface area contributed by atoms with Crippen LogP contribution in [0.1, 0.15) is 25.7 Å². The molecule has 0 saturated carbocycles. The van der Waals surface area contributed by atoms with Crippen molar-refractivity contribution in [1.82, 2.24) is 0 Å². The van der Waals surface area contributed by atoms with E-state index in [1.165, 1.54) is 57.5 Å². The Bertz CT molecular complexity index is 1610. The summed E-state index contributed by atoms with van der Waals surface area (Å²) in [6.07, 6.45) is 14.0. The molecule has 0 aromatic heterocycles. The molecule has 0 N–H and O–H groups in total. The van der Waals surface area contributed by atoms with Crippen LogP contribution in [0.15, 0.2) is 206 Å². The minimum absolute atomic E-state index is 0. The fourth-order valence-electron chi connectivity index (χ4n) is 5.21. The molecular weight excluding hydrogens is 838 g/mol. The Morgan fingerprint density at radius 3 is 0.537 bits per heavy atom. The normalized spacial score (nSPS) is 14.6. The van der Waals surface area contributed by atoms with E-state index < -0.39 is 23.7 Å². The van der Waals surface area contributed by atoms with Crippen molar-refractivity contribution in [2.75, 3.05) is 0 Å². The van der Waals surface area contributed by atoms with Gasteiger partial charge in [0, 0.05) is 19.5 Å². The first kappa shape index (κ1) is 44.7. The van der Waals surface area contributed by atoms with Crippen molar-refractivity contribution in [3.8, 4) is 0 Å². The second-order valence-corrected chi connectivity index (χ2v) is 18.1. The summed E-state index contributed by atoms with van der Waals surface area (Å²) in [4.78, 5) is 0. The third kappa shape index (κ3) is 18.6. The minimum atomic E-state index is -10.7. The van der Waals surface area contributed by atoms with E-state index in [9.17, 15) is 25.2 Å². The van der Waals surface area contributed by atoms with Crippen LogP contribution in [0.3, 0.4) is 0 Å². The summed E-state index contributed by atoms with van der Waals surface area (Å²) in [5.74, 6) is 0. The average molecular weight is 881 g/mol. The quantitative estimate of drug-likeness (QED) is 0.0677. The van der Waals surface area contributed by atoms with Gasteiger partial charge in [0.05, 0.1) is 0 Å². The molecule has 0 amide bonds. The molecule has 0 fully saturated rings. The first-order chi connectivity index (χ1) is 25.3. The summed E-state index contributed by atoms with van der Waals surface area (Å²) < 4.78 is 59.2. The van der Waals surface area contributed by atoms with Gasteiger partial charge in [-0.05, 0) is 73.4 Å². The first-order valence-electron chi connectivity index (χ1n) is 17.1. The summed E-state index contributed by atoms with van der Waals surface area (Å²) >= 11 is 0. The fraction of sp³-hybridized carbons (Fsp3) is 0.0909. The van der Waals surface area contributed by atoms with Gasteiger partial charge in [-0.2, -0.15) is 0 Å². The third-order valence-corrected chi connectivity index (χ3v) is 12.3. The van der Waals surface area contributed by atoms with Crippen LogP contribution >= 0.6 is 23.7 Å². The minimum Gasteiger partial charge on any atom is -0.0622 e. The Morgan fingerprint density at radius 2 is 0.407 bits per heavy atom. The summed E-state index contributed by atoms with van der Waals surface area (Å²) in [7, 11) is -11.5. The van der Waals surface area contributed by atoms with E-state index >= 15 is 0 Å². The van der Waals surface area contributed by atoms with Crippen molar-refractivity contribution in [2.45, 2.75) is 25.7 Å².